The number of nitrogens with one attached hydrogen (secondary N) is 1. The Morgan fingerprint density at radius 1 is 1.12 bits per heavy atom. The molecule has 0 saturated carbocycles. The van der Waals surface area contributed by atoms with Gasteiger partial charge in [0.25, 0.3) is 0 Å². The van der Waals surface area contributed by atoms with E-state index < -0.39 is 10.0 Å². The number of piperidine rings is 1. The second-order valence-corrected chi connectivity index (χ2v) is 8.73. The number of amides is 1. The molecule has 0 radical (unpaired) electrons. The Kier molecular flexibility index (Phi) is 5.96. The van der Waals surface area contributed by atoms with Crippen LogP contribution in [0, 0.1) is 5.92 Å². The Hall–Kier alpha value is -1.89. The summed E-state index contributed by atoms with van der Waals surface area (Å²) in [6, 6.07) is 15.6. The zero-order valence-electron chi connectivity index (χ0n) is 14.3. The lowest BCUT2D eigenvalue weighted by Gasteiger charge is -2.31. The van der Waals surface area contributed by atoms with Crippen molar-refractivity contribution in [3.8, 4) is 0 Å². The molecule has 0 unspecified atom stereocenters. The fraction of sp³-hybridized carbons (Fsp3) is 0.316. The Morgan fingerprint density at radius 2 is 1.81 bits per heavy atom. The molecule has 7 heteroatoms. The predicted molar refractivity (Wildman–Crippen MR) is 101 cm³/mol. The van der Waals surface area contributed by atoms with Gasteiger partial charge in [-0.3, -0.25) is 4.79 Å². The van der Waals surface area contributed by atoms with Crippen molar-refractivity contribution in [3.05, 3.63) is 65.2 Å². The van der Waals surface area contributed by atoms with E-state index >= 15 is 0 Å². The number of sulfonamides is 1. The molecule has 1 fully saturated rings. The van der Waals surface area contributed by atoms with Crippen molar-refractivity contribution in [3.63, 3.8) is 0 Å². The van der Waals surface area contributed by atoms with Crippen LogP contribution in [0.4, 0.5) is 0 Å². The minimum Gasteiger partial charge on any atom is -0.352 e. The van der Waals surface area contributed by atoms with E-state index in [9.17, 15) is 13.2 Å². The fourth-order valence-corrected chi connectivity index (χ4v) is 4.72. The van der Waals surface area contributed by atoms with Gasteiger partial charge in [0.05, 0.1) is 10.8 Å². The molecule has 3 rings (SSSR count). The van der Waals surface area contributed by atoms with Crippen molar-refractivity contribution in [1.82, 2.24) is 9.62 Å². The van der Waals surface area contributed by atoms with E-state index in [0.717, 1.165) is 5.56 Å². The van der Waals surface area contributed by atoms with Gasteiger partial charge in [-0.25, -0.2) is 8.42 Å². The van der Waals surface area contributed by atoms with Gasteiger partial charge in [-0.15, -0.1) is 0 Å². The number of benzene rings is 2. The number of hydrogen-bond acceptors (Lipinski definition) is 3. The standard InChI is InChI=1S/C19H21ClN2O3S/c20-17-10-8-15(9-11-17)13-21-19(23)16-5-4-12-22(14-16)26(24,25)18-6-2-1-3-7-18/h1-3,6-11,16H,4-5,12-14H2,(H,21,23)/t16-/m1/s1. The smallest absolute Gasteiger partial charge is 0.243 e. The summed E-state index contributed by atoms with van der Waals surface area (Å²) < 4.78 is 26.9. The molecule has 0 aliphatic carbocycles. The predicted octanol–water partition coefficient (Wildman–Crippen LogP) is 3.06. The highest BCUT2D eigenvalue weighted by molar-refractivity contribution is 7.89. The average molecular weight is 393 g/mol. The normalized spacial score (nSPS) is 18.4. The van der Waals surface area contributed by atoms with Crippen molar-refractivity contribution >= 4 is 27.5 Å². The molecule has 1 atom stereocenters. The number of nitrogens with zero attached hydrogens (tertiary/aromatic N) is 1. The van der Waals surface area contributed by atoms with Crippen molar-refractivity contribution in [2.45, 2.75) is 24.3 Å². The van der Waals surface area contributed by atoms with E-state index in [2.05, 4.69) is 5.32 Å². The zero-order valence-corrected chi connectivity index (χ0v) is 15.8. The summed E-state index contributed by atoms with van der Waals surface area (Å²) in [5, 5.41) is 3.54. The van der Waals surface area contributed by atoms with Crippen molar-refractivity contribution in [2.24, 2.45) is 5.92 Å². The molecular formula is C19H21ClN2O3S. The van der Waals surface area contributed by atoms with Gasteiger partial charge >= 0.3 is 0 Å². The van der Waals surface area contributed by atoms with Gasteiger partial charge < -0.3 is 5.32 Å². The van der Waals surface area contributed by atoms with E-state index in [-0.39, 0.29) is 23.3 Å². The Morgan fingerprint density at radius 3 is 2.50 bits per heavy atom. The minimum atomic E-state index is -3.56. The van der Waals surface area contributed by atoms with Crippen LogP contribution in [-0.4, -0.2) is 31.7 Å². The quantitative estimate of drug-likeness (QED) is 0.850. The first-order valence-corrected chi connectivity index (χ1v) is 10.4. The lowest BCUT2D eigenvalue weighted by molar-refractivity contribution is -0.126. The third kappa shape index (κ3) is 4.44. The molecule has 0 aromatic heterocycles. The summed E-state index contributed by atoms with van der Waals surface area (Å²) in [5.41, 5.74) is 0.951. The topological polar surface area (TPSA) is 66.5 Å². The van der Waals surface area contributed by atoms with Gasteiger partial charge in [0.1, 0.15) is 0 Å². The number of halogens is 1. The van der Waals surface area contributed by atoms with Crippen molar-refractivity contribution in [2.75, 3.05) is 13.1 Å². The maximum absolute atomic E-state index is 12.7. The van der Waals surface area contributed by atoms with Crippen LogP contribution in [0.3, 0.4) is 0 Å². The lowest BCUT2D eigenvalue weighted by atomic mass is 9.99. The molecule has 0 spiro atoms. The molecule has 1 heterocycles. The van der Waals surface area contributed by atoms with E-state index in [0.29, 0.717) is 31.0 Å². The molecule has 1 N–H and O–H groups in total. The molecular weight excluding hydrogens is 372 g/mol. The second kappa shape index (κ2) is 8.20. The van der Waals surface area contributed by atoms with Gasteiger partial charge in [0, 0.05) is 24.7 Å². The maximum Gasteiger partial charge on any atom is 0.243 e. The number of carbonyl (C=O) groups excluding carboxylic acids is 1. The number of hydrogen-bond donors (Lipinski definition) is 1. The molecule has 1 saturated heterocycles. The molecule has 0 bridgehead atoms. The molecule has 138 valence electrons. The summed E-state index contributed by atoms with van der Waals surface area (Å²) in [5.74, 6) is -0.456. The third-order valence-corrected chi connectivity index (χ3v) is 6.65. The summed E-state index contributed by atoms with van der Waals surface area (Å²) >= 11 is 5.86. The third-order valence-electron chi connectivity index (χ3n) is 4.52. The summed E-state index contributed by atoms with van der Waals surface area (Å²) in [4.78, 5) is 12.8. The van der Waals surface area contributed by atoms with Crippen LogP contribution in [0.2, 0.25) is 5.02 Å². The van der Waals surface area contributed by atoms with Crippen LogP contribution in [-0.2, 0) is 21.4 Å². The van der Waals surface area contributed by atoms with Gasteiger partial charge in [-0.1, -0.05) is 41.9 Å². The molecule has 1 amide bonds. The van der Waals surface area contributed by atoms with E-state index in [1.165, 1.54) is 4.31 Å². The SMILES string of the molecule is O=C(NCc1ccc(Cl)cc1)[C@@H]1CCCN(S(=O)(=O)c2ccccc2)C1. The first-order chi connectivity index (χ1) is 12.5. The van der Waals surface area contributed by atoms with Gasteiger partial charge in [-0.05, 0) is 42.7 Å². The van der Waals surface area contributed by atoms with E-state index in [1.54, 1.807) is 42.5 Å². The van der Waals surface area contributed by atoms with E-state index in [4.69, 9.17) is 11.6 Å². The van der Waals surface area contributed by atoms with E-state index in [1.807, 2.05) is 12.1 Å². The van der Waals surface area contributed by atoms with Crippen LogP contribution < -0.4 is 5.32 Å². The second-order valence-electron chi connectivity index (χ2n) is 6.36. The average Bonchev–Trinajstić information content (AvgIpc) is 2.68. The minimum absolute atomic E-state index is 0.118. The summed E-state index contributed by atoms with van der Waals surface area (Å²) in [6.45, 7) is 1.06. The van der Waals surface area contributed by atoms with Crippen LogP contribution >= 0.6 is 11.6 Å². The summed E-state index contributed by atoms with van der Waals surface area (Å²) in [6.07, 6.45) is 1.36. The first kappa shape index (κ1) is 18.9. The van der Waals surface area contributed by atoms with Crippen LogP contribution in [0.1, 0.15) is 18.4 Å². The molecule has 5 nitrogen and oxygen atoms in total. The van der Waals surface area contributed by atoms with Crippen LogP contribution in [0.15, 0.2) is 59.5 Å². The summed E-state index contributed by atoms with van der Waals surface area (Å²) in [7, 11) is -3.56. The monoisotopic (exact) mass is 392 g/mol. The number of carbonyl (C=O) groups is 1. The highest BCUT2D eigenvalue weighted by Gasteiger charge is 2.33. The van der Waals surface area contributed by atoms with Gasteiger partial charge in [0.2, 0.25) is 15.9 Å². The Balaban J connectivity index is 1.62. The molecule has 2 aromatic carbocycles. The Bertz CT molecular complexity index is 854. The Labute approximate surface area is 159 Å². The molecule has 2 aromatic rings. The van der Waals surface area contributed by atoms with Gasteiger partial charge in [-0.2, -0.15) is 4.31 Å². The van der Waals surface area contributed by atoms with Crippen molar-refractivity contribution < 1.29 is 13.2 Å². The molecule has 26 heavy (non-hydrogen) atoms. The number of rotatable bonds is 5. The first-order valence-electron chi connectivity index (χ1n) is 8.54. The van der Waals surface area contributed by atoms with Crippen LogP contribution in [0.5, 0.6) is 0 Å². The lowest BCUT2D eigenvalue weighted by Crippen LogP contribution is -2.45. The zero-order chi connectivity index (χ0) is 18.6. The van der Waals surface area contributed by atoms with Crippen LogP contribution in [0.25, 0.3) is 0 Å². The van der Waals surface area contributed by atoms with Crippen molar-refractivity contribution in [1.29, 1.82) is 0 Å². The molecule has 1 aliphatic rings. The largest absolute Gasteiger partial charge is 0.352 e. The fourth-order valence-electron chi connectivity index (χ4n) is 3.05. The molecule has 1 aliphatic heterocycles. The highest BCUT2D eigenvalue weighted by Crippen LogP contribution is 2.24. The van der Waals surface area contributed by atoms with Gasteiger partial charge in [0.15, 0.2) is 0 Å². The highest BCUT2D eigenvalue weighted by atomic mass is 35.5. The maximum atomic E-state index is 12.7.